The van der Waals surface area contributed by atoms with Crippen LogP contribution in [0, 0.1) is 5.92 Å². The third-order valence-electron chi connectivity index (χ3n) is 4.84. The third kappa shape index (κ3) is 5.19. The van der Waals surface area contributed by atoms with Gasteiger partial charge < -0.3 is 5.32 Å². The fourth-order valence-electron chi connectivity index (χ4n) is 3.43. The van der Waals surface area contributed by atoms with Crippen LogP contribution in [-0.4, -0.2) is 17.7 Å². The minimum Gasteiger partial charge on any atom is -0.349 e. The number of rotatable bonds is 5. The molecule has 2 atom stereocenters. The van der Waals surface area contributed by atoms with Crippen LogP contribution in [0.2, 0.25) is 0 Å². The first-order valence-electron chi connectivity index (χ1n) is 9.45. The van der Waals surface area contributed by atoms with Crippen molar-refractivity contribution in [3.8, 4) is 0 Å². The quantitative estimate of drug-likeness (QED) is 0.676. The van der Waals surface area contributed by atoms with Crippen molar-refractivity contribution in [3.05, 3.63) is 57.3 Å². The highest BCUT2D eigenvalue weighted by molar-refractivity contribution is 7.14. The molecule has 7 heteroatoms. The van der Waals surface area contributed by atoms with E-state index in [0.717, 1.165) is 24.8 Å². The number of carbonyl (C=O) groups is 3. The molecule has 1 aliphatic rings. The number of hydrazine groups is 1. The van der Waals surface area contributed by atoms with Crippen molar-refractivity contribution < 1.29 is 14.4 Å². The Morgan fingerprint density at radius 1 is 1.18 bits per heavy atom. The minimum absolute atomic E-state index is 0.0301. The van der Waals surface area contributed by atoms with Crippen LogP contribution in [-0.2, 0) is 22.4 Å². The van der Waals surface area contributed by atoms with Gasteiger partial charge in [0.15, 0.2) is 0 Å². The summed E-state index contributed by atoms with van der Waals surface area (Å²) in [7, 11) is 0. The number of nitrogens with one attached hydrogen (secondary N) is 3. The van der Waals surface area contributed by atoms with Gasteiger partial charge in [-0.1, -0.05) is 37.3 Å². The molecule has 0 fully saturated rings. The fourth-order valence-corrected chi connectivity index (χ4v) is 4.53. The smallest absolute Gasteiger partial charge is 0.279 e. The van der Waals surface area contributed by atoms with Gasteiger partial charge in [0.05, 0.1) is 17.3 Å². The van der Waals surface area contributed by atoms with Gasteiger partial charge in [-0.3, -0.25) is 25.2 Å². The molecule has 3 N–H and O–H groups in total. The third-order valence-corrected chi connectivity index (χ3v) is 6.07. The molecular weight excluding hydrogens is 374 g/mol. The highest BCUT2D eigenvalue weighted by Crippen LogP contribution is 2.32. The van der Waals surface area contributed by atoms with Crippen molar-refractivity contribution >= 4 is 29.1 Å². The van der Waals surface area contributed by atoms with Crippen molar-refractivity contribution in [1.82, 2.24) is 16.2 Å². The molecule has 0 saturated heterocycles. The van der Waals surface area contributed by atoms with Crippen LogP contribution in [0.15, 0.2) is 36.4 Å². The van der Waals surface area contributed by atoms with Crippen LogP contribution < -0.4 is 16.2 Å². The Hall–Kier alpha value is -2.67. The molecule has 0 aliphatic heterocycles. The van der Waals surface area contributed by atoms with Gasteiger partial charge in [-0.2, -0.15) is 0 Å². The van der Waals surface area contributed by atoms with Gasteiger partial charge in [0.1, 0.15) is 0 Å². The van der Waals surface area contributed by atoms with E-state index in [4.69, 9.17) is 0 Å². The van der Waals surface area contributed by atoms with Crippen LogP contribution in [0.3, 0.4) is 0 Å². The maximum absolute atomic E-state index is 12.4. The molecule has 28 heavy (non-hydrogen) atoms. The van der Waals surface area contributed by atoms with Crippen LogP contribution in [0.25, 0.3) is 0 Å². The monoisotopic (exact) mass is 399 g/mol. The average Bonchev–Trinajstić information content (AvgIpc) is 3.09. The van der Waals surface area contributed by atoms with E-state index in [1.54, 1.807) is 0 Å². The molecule has 148 valence electrons. The van der Waals surface area contributed by atoms with Crippen molar-refractivity contribution in [1.29, 1.82) is 0 Å². The van der Waals surface area contributed by atoms with Gasteiger partial charge in [0.25, 0.3) is 5.91 Å². The average molecular weight is 400 g/mol. The van der Waals surface area contributed by atoms with E-state index in [9.17, 15) is 14.4 Å². The molecule has 1 heterocycles. The Balaban J connectivity index is 1.57. The standard InChI is InChI=1S/C21H25N3O3S/c1-13-8-9-18-16(10-13)11-19(28-18)21(27)24-23-20(26)12-17(22-14(2)25)15-6-4-3-5-7-15/h3-7,11,13,17H,8-10,12H2,1-2H3,(H,22,25)(H,23,26)(H,24,27)/t13-,17+/m1/s1. The molecule has 1 aromatic heterocycles. The normalized spacial score (nSPS) is 16.6. The predicted octanol–water partition coefficient (Wildman–Crippen LogP) is 2.90. The number of hydrogen-bond acceptors (Lipinski definition) is 4. The SMILES string of the molecule is CC(=O)N[C@@H](CC(=O)NNC(=O)c1cc2c(s1)CC[C@@H](C)C2)c1ccccc1. The zero-order valence-corrected chi connectivity index (χ0v) is 16.9. The van der Waals surface area contributed by atoms with E-state index in [0.29, 0.717) is 10.8 Å². The second kappa shape index (κ2) is 9.01. The van der Waals surface area contributed by atoms with E-state index >= 15 is 0 Å². The number of benzene rings is 1. The summed E-state index contributed by atoms with van der Waals surface area (Å²) in [6, 6.07) is 10.8. The maximum atomic E-state index is 12.4. The molecule has 0 unspecified atom stereocenters. The largest absolute Gasteiger partial charge is 0.349 e. The van der Waals surface area contributed by atoms with Gasteiger partial charge in [-0.25, -0.2) is 0 Å². The van der Waals surface area contributed by atoms with Crippen molar-refractivity contribution in [2.24, 2.45) is 5.92 Å². The first-order chi connectivity index (χ1) is 13.4. The summed E-state index contributed by atoms with van der Waals surface area (Å²) in [6.07, 6.45) is 3.19. The fraction of sp³-hybridized carbons (Fsp3) is 0.381. The van der Waals surface area contributed by atoms with Gasteiger partial charge in [0, 0.05) is 11.8 Å². The number of fused-ring (bicyclic) bond motifs is 1. The lowest BCUT2D eigenvalue weighted by Gasteiger charge is -2.18. The van der Waals surface area contributed by atoms with Crippen molar-refractivity contribution in [3.63, 3.8) is 0 Å². The topological polar surface area (TPSA) is 87.3 Å². The first-order valence-corrected chi connectivity index (χ1v) is 10.3. The Labute approximate surface area is 168 Å². The molecule has 0 saturated carbocycles. The molecule has 3 rings (SSSR count). The van der Waals surface area contributed by atoms with Gasteiger partial charge in [0.2, 0.25) is 11.8 Å². The van der Waals surface area contributed by atoms with Gasteiger partial charge in [-0.15, -0.1) is 11.3 Å². The summed E-state index contributed by atoms with van der Waals surface area (Å²) in [5.41, 5.74) is 7.03. The second-order valence-electron chi connectivity index (χ2n) is 7.28. The zero-order valence-electron chi connectivity index (χ0n) is 16.1. The number of amides is 3. The lowest BCUT2D eigenvalue weighted by atomic mass is 9.90. The molecular formula is C21H25N3O3S. The van der Waals surface area contributed by atoms with E-state index in [1.165, 1.54) is 28.7 Å². The Kier molecular flexibility index (Phi) is 6.46. The molecule has 2 aromatic rings. The number of hydrogen-bond donors (Lipinski definition) is 3. The van der Waals surface area contributed by atoms with E-state index in [-0.39, 0.29) is 24.1 Å². The molecule has 6 nitrogen and oxygen atoms in total. The highest BCUT2D eigenvalue weighted by Gasteiger charge is 2.21. The van der Waals surface area contributed by atoms with E-state index in [1.807, 2.05) is 36.4 Å². The van der Waals surface area contributed by atoms with E-state index < -0.39 is 6.04 Å². The van der Waals surface area contributed by atoms with E-state index in [2.05, 4.69) is 23.1 Å². The second-order valence-corrected chi connectivity index (χ2v) is 8.41. The summed E-state index contributed by atoms with van der Waals surface area (Å²) in [5, 5.41) is 2.77. The lowest BCUT2D eigenvalue weighted by Crippen LogP contribution is -2.43. The minimum atomic E-state index is -0.453. The Bertz CT molecular complexity index is 863. The van der Waals surface area contributed by atoms with Gasteiger partial charge >= 0.3 is 0 Å². The predicted molar refractivity (Wildman–Crippen MR) is 109 cm³/mol. The lowest BCUT2D eigenvalue weighted by molar-refractivity contribution is -0.123. The summed E-state index contributed by atoms with van der Waals surface area (Å²) >= 11 is 1.50. The van der Waals surface area contributed by atoms with Crippen molar-refractivity contribution in [2.75, 3.05) is 0 Å². The summed E-state index contributed by atoms with van der Waals surface area (Å²) in [5.74, 6) is -0.257. The summed E-state index contributed by atoms with van der Waals surface area (Å²) in [4.78, 5) is 38.1. The first kappa shape index (κ1) is 20.1. The molecule has 0 radical (unpaired) electrons. The summed E-state index contributed by atoms with van der Waals surface area (Å²) in [6.45, 7) is 3.63. The Morgan fingerprint density at radius 3 is 2.64 bits per heavy atom. The number of aryl methyl sites for hydroxylation is 1. The number of thiophene rings is 1. The molecule has 3 amide bonds. The van der Waals surface area contributed by atoms with Crippen LogP contribution >= 0.6 is 11.3 Å². The van der Waals surface area contributed by atoms with Crippen molar-refractivity contribution in [2.45, 2.75) is 45.6 Å². The van der Waals surface area contributed by atoms with Crippen LogP contribution in [0.5, 0.6) is 0 Å². The molecule has 1 aliphatic carbocycles. The molecule has 0 spiro atoms. The molecule has 0 bridgehead atoms. The zero-order chi connectivity index (χ0) is 20.1. The highest BCUT2D eigenvalue weighted by atomic mass is 32.1. The number of carbonyl (C=O) groups excluding carboxylic acids is 3. The Morgan fingerprint density at radius 2 is 1.93 bits per heavy atom. The maximum Gasteiger partial charge on any atom is 0.279 e. The summed E-state index contributed by atoms with van der Waals surface area (Å²) < 4.78 is 0. The van der Waals surface area contributed by atoms with Gasteiger partial charge in [-0.05, 0) is 42.4 Å². The van der Waals surface area contributed by atoms with Crippen LogP contribution in [0.4, 0.5) is 0 Å². The van der Waals surface area contributed by atoms with Crippen LogP contribution in [0.1, 0.15) is 58.4 Å². The molecule has 1 aromatic carbocycles.